The highest BCUT2D eigenvalue weighted by molar-refractivity contribution is 5.85. The molecule has 0 spiro atoms. The van der Waals surface area contributed by atoms with Crippen molar-refractivity contribution in [3.8, 4) is 22.8 Å². The molecule has 176 valence electrons. The molecule has 4 aromatic heterocycles. The van der Waals surface area contributed by atoms with Gasteiger partial charge in [-0.25, -0.2) is 4.98 Å². The monoisotopic (exact) mass is 468 g/mol. The Bertz CT molecular complexity index is 1480. The molecule has 1 aliphatic heterocycles. The average Bonchev–Trinajstić information content (AvgIpc) is 3.34. The number of hydrogen-bond donors (Lipinski definition) is 1. The largest absolute Gasteiger partial charge is 0.497 e. The van der Waals surface area contributed by atoms with Gasteiger partial charge in [0.25, 0.3) is 0 Å². The normalized spacial score (nSPS) is 13.9. The van der Waals surface area contributed by atoms with Crippen LogP contribution in [0.1, 0.15) is 5.82 Å². The first kappa shape index (κ1) is 21.2. The molecule has 10 heteroatoms. The molecular weight excluding hydrogens is 444 g/mol. The van der Waals surface area contributed by atoms with E-state index in [0.717, 1.165) is 59.9 Å². The number of ether oxygens (including phenoxy) is 2. The SMILES string of the molecule is COc1ccc2c(OCc3nnc4ccc(-c5ccc(N6CCNCC6)nc5)nn34)ccnc2c1. The number of piperazine rings is 1. The second-order valence-corrected chi connectivity index (χ2v) is 8.23. The van der Waals surface area contributed by atoms with Crippen molar-refractivity contribution in [2.75, 3.05) is 38.2 Å². The van der Waals surface area contributed by atoms with Crippen molar-refractivity contribution in [3.05, 3.63) is 66.7 Å². The first-order chi connectivity index (χ1) is 17.3. The Morgan fingerprint density at radius 2 is 1.89 bits per heavy atom. The highest BCUT2D eigenvalue weighted by atomic mass is 16.5. The summed E-state index contributed by atoms with van der Waals surface area (Å²) in [5, 5.41) is 17.6. The first-order valence-corrected chi connectivity index (χ1v) is 11.5. The number of rotatable bonds is 6. The lowest BCUT2D eigenvalue weighted by molar-refractivity contribution is 0.296. The Morgan fingerprint density at radius 3 is 2.71 bits per heavy atom. The molecule has 1 N–H and O–H groups in total. The Labute approximate surface area is 201 Å². The van der Waals surface area contributed by atoms with E-state index in [1.807, 2.05) is 48.7 Å². The lowest BCUT2D eigenvalue weighted by Gasteiger charge is -2.28. The topological polar surface area (TPSA) is 103 Å². The van der Waals surface area contributed by atoms with Gasteiger partial charge in [0.1, 0.15) is 23.9 Å². The summed E-state index contributed by atoms with van der Waals surface area (Å²) in [6.07, 6.45) is 3.58. The van der Waals surface area contributed by atoms with E-state index in [2.05, 4.69) is 36.4 Å². The van der Waals surface area contributed by atoms with Crippen molar-refractivity contribution in [2.45, 2.75) is 6.61 Å². The van der Waals surface area contributed by atoms with Gasteiger partial charge < -0.3 is 19.7 Å². The lowest BCUT2D eigenvalue weighted by atomic mass is 10.2. The van der Waals surface area contributed by atoms with E-state index >= 15 is 0 Å². The van der Waals surface area contributed by atoms with E-state index in [-0.39, 0.29) is 6.61 Å². The maximum absolute atomic E-state index is 6.11. The van der Waals surface area contributed by atoms with Crippen molar-refractivity contribution in [1.82, 2.24) is 35.1 Å². The molecule has 1 fully saturated rings. The molecule has 0 amide bonds. The fourth-order valence-corrected chi connectivity index (χ4v) is 4.19. The van der Waals surface area contributed by atoms with Crippen LogP contribution in [0.3, 0.4) is 0 Å². The van der Waals surface area contributed by atoms with E-state index < -0.39 is 0 Å². The van der Waals surface area contributed by atoms with Crippen LogP contribution in [0.4, 0.5) is 5.82 Å². The van der Waals surface area contributed by atoms with E-state index in [9.17, 15) is 0 Å². The van der Waals surface area contributed by atoms with Crippen LogP contribution in [-0.2, 0) is 6.61 Å². The molecule has 6 rings (SSSR count). The van der Waals surface area contributed by atoms with Gasteiger partial charge in [0.05, 0.1) is 18.3 Å². The Kier molecular flexibility index (Phi) is 5.55. The lowest BCUT2D eigenvalue weighted by Crippen LogP contribution is -2.43. The Hall–Kier alpha value is -4.31. The number of nitrogens with one attached hydrogen (secondary N) is 1. The van der Waals surface area contributed by atoms with Gasteiger partial charge in [-0.05, 0) is 42.5 Å². The molecule has 1 aliphatic rings. The molecule has 10 nitrogen and oxygen atoms in total. The predicted octanol–water partition coefficient (Wildman–Crippen LogP) is 2.73. The second kappa shape index (κ2) is 9.15. The van der Waals surface area contributed by atoms with Gasteiger partial charge in [0.15, 0.2) is 11.5 Å². The summed E-state index contributed by atoms with van der Waals surface area (Å²) < 4.78 is 13.1. The summed E-state index contributed by atoms with van der Waals surface area (Å²) in [4.78, 5) is 11.4. The third-order valence-electron chi connectivity index (χ3n) is 6.08. The third kappa shape index (κ3) is 4.19. The van der Waals surface area contributed by atoms with Gasteiger partial charge >= 0.3 is 0 Å². The molecule has 1 saturated heterocycles. The average molecular weight is 469 g/mol. The van der Waals surface area contributed by atoms with Crippen LogP contribution < -0.4 is 19.7 Å². The van der Waals surface area contributed by atoms with Gasteiger partial charge in [-0.1, -0.05) is 0 Å². The Balaban J connectivity index is 1.24. The molecule has 0 saturated carbocycles. The van der Waals surface area contributed by atoms with Crippen molar-refractivity contribution in [1.29, 1.82) is 0 Å². The van der Waals surface area contributed by atoms with Crippen molar-refractivity contribution in [2.24, 2.45) is 0 Å². The third-order valence-corrected chi connectivity index (χ3v) is 6.08. The number of aromatic nitrogens is 6. The van der Waals surface area contributed by atoms with Crippen molar-refractivity contribution >= 4 is 22.4 Å². The number of nitrogens with zero attached hydrogens (tertiary/aromatic N) is 7. The molecule has 0 unspecified atom stereocenters. The predicted molar refractivity (Wildman–Crippen MR) is 132 cm³/mol. The minimum atomic E-state index is 0.211. The fourth-order valence-electron chi connectivity index (χ4n) is 4.19. The minimum absolute atomic E-state index is 0.211. The molecule has 0 aliphatic carbocycles. The van der Waals surface area contributed by atoms with Crippen LogP contribution in [0.15, 0.2) is 60.9 Å². The van der Waals surface area contributed by atoms with Crippen LogP contribution in [0.25, 0.3) is 27.8 Å². The molecule has 0 radical (unpaired) electrons. The molecule has 5 heterocycles. The molecule has 5 aromatic rings. The number of benzene rings is 1. The van der Waals surface area contributed by atoms with Crippen LogP contribution in [0.2, 0.25) is 0 Å². The van der Waals surface area contributed by atoms with Crippen molar-refractivity contribution in [3.63, 3.8) is 0 Å². The van der Waals surface area contributed by atoms with Gasteiger partial charge in [-0.2, -0.15) is 9.61 Å². The van der Waals surface area contributed by atoms with Gasteiger partial charge in [0.2, 0.25) is 0 Å². The number of fused-ring (bicyclic) bond motifs is 2. The second-order valence-electron chi connectivity index (χ2n) is 8.23. The zero-order chi connectivity index (χ0) is 23.6. The summed E-state index contributed by atoms with van der Waals surface area (Å²) in [5.74, 6) is 3.04. The smallest absolute Gasteiger partial charge is 0.192 e. The van der Waals surface area contributed by atoms with E-state index in [1.54, 1.807) is 17.8 Å². The quantitative estimate of drug-likeness (QED) is 0.403. The number of methoxy groups -OCH3 is 1. The number of anilines is 1. The van der Waals surface area contributed by atoms with Crippen LogP contribution >= 0.6 is 0 Å². The van der Waals surface area contributed by atoms with Crippen molar-refractivity contribution < 1.29 is 9.47 Å². The first-order valence-electron chi connectivity index (χ1n) is 11.5. The van der Waals surface area contributed by atoms with E-state index in [1.165, 1.54) is 0 Å². The highest BCUT2D eigenvalue weighted by Gasteiger charge is 2.14. The molecule has 0 atom stereocenters. The van der Waals surface area contributed by atoms with E-state index in [4.69, 9.17) is 14.6 Å². The van der Waals surface area contributed by atoms with Crippen LogP contribution in [-0.4, -0.2) is 63.1 Å². The number of pyridine rings is 2. The molecular formula is C25H24N8O2. The molecule has 35 heavy (non-hydrogen) atoms. The van der Waals surface area contributed by atoms with Crippen LogP contribution in [0, 0.1) is 0 Å². The van der Waals surface area contributed by atoms with Gasteiger partial charge in [-0.15, -0.1) is 10.2 Å². The Morgan fingerprint density at radius 1 is 0.971 bits per heavy atom. The summed E-state index contributed by atoms with van der Waals surface area (Å²) >= 11 is 0. The summed E-state index contributed by atoms with van der Waals surface area (Å²) in [5.41, 5.74) is 3.17. The summed E-state index contributed by atoms with van der Waals surface area (Å²) in [6, 6.07) is 15.5. The minimum Gasteiger partial charge on any atom is -0.497 e. The molecule has 0 bridgehead atoms. The standard InChI is InChI=1S/C25H24N8O2/c1-34-18-3-4-19-21(14-18)27-9-8-22(19)35-16-25-30-29-24-7-5-20(31-33(24)25)17-2-6-23(28-15-17)32-12-10-26-11-13-32/h2-9,14-15,26H,10-13,16H2,1H3. The zero-order valence-corrected chi connectivity index (χ0v) is 19.3. The van der Waals surface area contributed by atoms with Gasteiger partial charge in [-0.3, -0.25) is 4.98 Å². The van der Waals surface area contributed by atoms with Gasteiger partial charge in [0, 0.05) is 55.6 Å². The number of hydrogen-bond acceptors (Lipinski definition) is 9. The highest BCUT2D eigenvalue weighted by Crippen LogP contribution is 2.28. The molecule has 1 aromatic carbocycles. The van der Waals surface area contributed by atoms with Crippen LogP contribution in [0.5, 0.6) is 11.5 Å². The summed E-state index contributed by atoms with van der Waals surface area (Å²) in [7, 11) is 1.63. The fraction of sp³-hybridized carbons (Fsp3) is 0.240. The maximum Gasteiger partial charge on any atom is 0.192 e. The zero-order valence-electron chi connectivity index (χ0n) is 19.3. The maximum atomic E-state index is 6.11. The summed E-state index contributed by atoms with van der Waals surface area (Å²) in [6.45, 7) is 4.08. The van der Waals surface area contributed by atoms with E-state index in [0.29, 0.717) is 17.2 Å².